The Morgan fingerprint density at radius 2 is 0.900 bits per heavy atom. The molecule has 0 atom stereocenters. The van der Waals surface area contributed by atoms with Crippen molar-refractivity contribution in [3.8, 4) is 0 Å². The van der Waals surface area contributed by atoms with Crippen molar-refractivity contribution in [1.29, 1.82) is 0 Å². The number of benzene rings is 1. The van der Waals surface area contributed by atoms with Crippen LogP contribution >= 0.6 is 0 Å². The van der Waals surface area contributed by atoms with Crippen LogP contribution in [0.1, 0.15) is 11.1 Å². The van der Waals surface area contributed by atoms with Gasteiger partial charge in [-0.1, -0.05) is 35.4 Å². The summed E-state index contributed by atoms with van der Waals surface area (Å²) in [7, 11) is 0. The topological polar surface area (TPSA) is 0 Å². The fourth-order valence-corrected chi connectivity index (χ4v) is 0.637. The fraction of sp³-hybridized carbons (Fsp3) is 0.250. The highest BCUT2D eigenvalue weighted by molar-refractivity contribution is 5.19. The summed E-state index contributed by atoms with van der Waals surface area (Å²) in [6, 6.07) is 8.48. The zero-order chi connectivity index (χ0) is 5.98. The lowest BCUT2D eigenvalue weighted by atomic mass is 10.2. The van der Waals surface area contributed by atoms with E-state index in [0.29, 0.717) is 0 Å². The minimum absolute atomic E-state index is 0. The SMILES string of the molecule is Cc1ccc(C)cc1.F.F. The summed E-state index contributed by atoms with van der Waals surface area (Å²) >= 11 is 0. The van der Waals surface area contributed by atoms with Crippen LogP contribution in [0.5, 0.6) is 0 Å². The molecule has 0 fully saturated rings. The van der Waals surface area contributed by atoms with E-state index in [1.807, 2.05) is 0 Å². The predicted molar refractivity (Wildman–Crippen MR) is 40.9 cm³/mol. The maximum Gasteiger partial charge on any atom is -0.0398 e. The minimum Gasteiger partial charge on any atom is -0.269 e. The quantitative estimate of drug-likeness (QED) is 0.527. The van der Waals surface area contributed by atoms with E-state index >= 15 is 0 Å². The molecule has 0 N–H and O–H groups in total. The third-order valence-corrected chi connectivity index (χ3v) is 1.22. The van der Waals surface area contributed by atoms with E-state index in [2.05, 4.69) is 38.1 Å². The van der Waals surface area contributed by atoms with Crippen molar-refractivity contribution in [2.75, 3.05) is 0 Å². The third-order valence-electron chi connectivity index (χ3n) is 1.22. The first-order valence-electron chi connectivity index (χ1n) is 2.82. The van der Waals surface area contributed by atoms with Crippen LogP contribution in [0.15, 0.2) is 24.3 Å². The Morgan fingerprint density at radius 1 is 0.700 bits per heavy atom. The van der Waals surface area contributed by atoms with Crippen molar-refractivity contribution >= 4 is 0 Å². The molecule has 0 bridgehead atoms. The van der Waals surface area contributed by atoms with Gasteiger partial charge in [-0.15, -0.1) is 0 Å². The number of halogens is 2. The zero-order valence-electron chi connectivity index (χ0n) is 6.13. The summed E-state index contributed by atoms with van der Waals surface area (Å²) in [5.41, 5.74) is 2.66. The Kier molecular flexibility index (Phi) is 5.81. The van der Waals surface area contributed by atoms with E-state index in [1.54, 1.807) is 0 Å². The first kappa shape index (κ1) is 11.8. The van der Waals surface area contributed by atoms with Crippen LogP contribution in [0.4, 0.5) is 9.41 Å². The average molecular weight is 146 g/mol. The van der Waals surface area contributed by atoms with E-state index in [4.69, 9.17) is 0 Å². The van der Waals surface area contributed by atoms with E-state index in [1.165, 1.54) is 11.1 Å². The molecular formula is C8H12F2. The Labute approximate surface area is 59.6 Å². The van der Waals surface area contributed by atoms with Gasteiger partial charge in [0.2, 0.25) is 0 Å². The molecule has 0 saturated carbocycles. The molecule has 0 amide bonds. The molecule has 58 valence electrons. The molecule has 0 aliphatic rings. The van der Waals surface area contributed by atoms with Gasteiger partial charge in [0, 0.05) is 0 Å². The van der Waals surface area contributed by atoms with Crippen molar-refractivity contribution in [2.45, 2.75) is 13.8 Å². The molecular weight excluding hydrogens is 134 g/mol. The highest BCUT2D eigenvalue weighted by Crippen LogP contribution is 1.99. The number of aryl methyl sites for hydroxylation is 2. The molecule has 1 rings (SSSR count). The lowest BCUT2D eigenvalue weighted by Crippen LogP contribution is -1.70. The molecule has 0 aliphatic carbocycles. The van der Waals surface area contributed by atoms with Crippen LogP contribution in [-0.2, 0) is 0 Å². The Balaban J connectivity index is 0. The summed E-state index contributed by atoms with van der Waals surface area (Å²) in [5, 5.41) is 0. The van der Waals surface area contributed by atoms with Gasteiger partial charge in [0.1, 0.15) is 0 Å². The van der Waals surface area contributed by atoms with E-state index < -0.39 is 0 Å². The first-order chi connectivity index (χ1) is 3.79. The van der Waals surface area contributed by atoms with Crippen molar-refractivity contribution in [3.63, 3.8) is 0 Å². The second-order valence-corrected chi connectivity index (χ2v) is 2.15. The molecule has 0 spiro atoms. The van der Waals surface area contributed by atoms with Gasteiger partial charge in [0.25, 0.3) is 0 Å². The van der Waals surface area contributed by atoms with Gasteiger partial charge in [-0.05, 0) is 13.8 Å². The molecule has 1 aromatic carbocycles. The van der Waals surface area contributed by atoms with E-state index in [9.17, 15) is 0 Å². The van der Waals surface area contributed by atoms with Crippen LogP contribution in [-0.4, -0.2) is 0 Å². The summed E-state index contributed by atoms with van der Waals surface area (Å²) in [4.78, 5) is 0. The molecule has 2 heteroatoms. The Hall–Kier alpha value is -0.920. The van der Waals surface area contributed by atoms with Crippen LogP contribution in [0.3, 0.4) is 0 Å². The molecule has 0 radical (unpaired) electrons. The van der Waals surface area contributed by atoms with Crippen LogP contribution in [0.25, 0.3) is 0 Å². The molecule has 0 nitrogen and oxygen atoms in total. The maximum atomic E-state index is 2.12. The minimum atomic E-state index is 0. The molecule has 0 saturated heterocycles. The van der Waals surface area contributed by atoms with Crippen molar-refractivity contribution in [2.24, 2.45) is 0 Å². The fourth-order valence-electron chi connectivity index (χ4n) is 0.637. The summed E-state index contributed by atoms with van der Waals surface area (Å²) in [5.74, 6) is 0. The van der Waals surface area contributed by atoms with Crippen molar-refractivity contribution in [3.05, 3.63) is 35.4 Å². The Bertz CT molecular complexity index is 146. The van der Waals surface area contributed by atoms with Crippen molar-refractivity contribution in [1.82, 2.24) is 0 Å². The highest BCUT2D eigenvalue weighted by Gasteiger charge is 1.79. The Morgan fingerprint density at radius 3 is 1.10 bits per heavy atom. The summed E-state index contributed by atoms with van der Waals surface area (Å²) in [6.07, 6.45) is 0. The number of hydrogen-bond donors (Lipinski definition) is 0. The molecule has 0 aliphatic heterocycles. The normalized spacial score (nSPS) is 7.40. The number of rotatable bonds is 0. The largest absolute Gasteiger partial charge is 0.269 e. The van der Waals surface area contributed by atoms with E-state index in [0.717, 1.165) is 0 Å². The monoisotopic (exact) mass is 146 g/mol. The molecule has 1 aromatic rings. The van der Waals surface area contributed by atoms with Gasteiger partial charge >= 0.3 is 0 Å². The second-order valence-electron chi connectivity index (χ2n) is 2.15. The maximum absolute atomic E-state index is 2.12. The zero-order valence-corrected chi connectivity index (χ0v) is 6.13. The molecule has 0 heterocycles. The lowest BCUT2D eigenvalue weighted by molar-refractivity contribution is 1.11. The molecule has 0 aromatic heterocycles. The average Bonchev–Trinajstić information content (AvgIpc) is 1.77. The number of hydrogen-bond acceptors (Lipinski definition) is 0. The van der Waals surface area contributed by atoms with Gasteiger partial charge in [-0.2, -0.15) is 0 Å². The van der Waals surface area contributed by atoms with Crippen molar-refractivity contribution < 1.29 is 9.41 Å². The second kappa shape index (κ2) is 4.91. The smallest absolute Gasteiger partial charge is 0.0398 e. The summed E-state index contributed by atoms with van der Waals surface area (Å²) in [6.45, 7) is 4.19. The third kappa shape index (κ3) is 3.17. The first-order valence-corrected chi connectivity index (χ1v) is 2.82. The predicted octanol–water partition coefficient (Wildman–Crippen LogP) is 2.61. The van der Waals surface area contributed by atoms with E-state index in [-0.39, 0.29) is 9.41 Å². The molecule has 10 heavy (non-hydrogen) atoms. The van der Waals surface area contributed by atoms with Gasteiger partial charge in [0.05, 0.1) is 0 Å². The lowest BCUT2D eigenvalue weighted by Gasteiger charge is -1.90. The van der Waals surface area contributed by atoms with Gasteiger partial charge < -0.3 is 0 Å². The van der Waals surface area contributed by atoms with Gasteiger partial charge in [0.15, 0.2) is 0 Å². The highest BCUT2D eigenvalue weighted by atomic mass is 19.0. The summed E-state index contributed by atoms with van der Waals surface area (Å²) < 4.78 is 0. The van der Waals surface area contributed by atoms with Crippen LogP contribution in [0, 0.1) is 13.8 Å². The standard InChI is InChI=1S/C8H10.2FH/c1-7-3-5-8(2)6-4-7;;/h3-6H,1-2H3;2*1H. The van der Waals surface area contributed by atoms with Gasteiger partial charge in [-0.3, -0.25) is 9.41 Å². The van der Waals surface area contributed by atoms with Gasteiger partial charge in [-0.25, -0.2) is 0 Å². The molecule has 0 unspecified atom stereocenters. The van der Waals surface area contributed by atoms with Crippen LogP contribution < -0.4 is 0 Å². The van der Waals surface area contributed by atoms with Crippen LogP contribution in [0.2, 0.25) is 0 Å².